The number of carbonyl (C=O) groups is 1. The van der Waals surface area contributed by atoms with Crippen LogP contribution in [0.25, 0.3) is 11.1 Å². The molecule has 0 aliphatic carbocycles. The van der Waals surface area contributed by atoms with E-state index in [1.54, 1.807) is 0 Å². The number of nitrogens with zero attached hydrogens (tertiary/aromatic N) is 4. The van der Waals surface area contributed by atoms with Crippen LogP contribution in [0, 0.1) is 10.1 Å². The minimum atomic E-state index is -4.37. The number of fused-ring (bicyclic) bond motifs is 2. The fourth-order valence-electron chi connectivity index (χ4n) is 4.36. The third kappa shape index (κ3) is 4.83. The number of benzene rings is 2. The molecule has 1 N–H and O–H groups in total. The molecule has 1 amide bonds. The summed E-state index contributed by atoms with van der Waals surface area (Å²) in [4.78, 5) is 28.6. The first-order valence-corrected chi connectivity index (χ1v) is 10.8. The molecule has 182 valence electrons. The van der Waals surface area contributed by atoms with E-state index < -0.39 is 16.7 Å². The highest BCUT2D eigenvalue weighted by Crippen LogP contribution is 2.32. The van der Waals surface area contributed by atoms with Gasteiger partial charge in [0.1, 0.15) is 12.8 Å². The van der Waals surface area contributed by atoms with E-state index in [2.05, 4.69) is 10.3 Å². The van der Waals surface area contributed by atoms with Gasteiger partial charge in [0.05, 0.1) is 24.7 Å². The van der Waals surface area contributed by atoms with Gasteiger partial charge in [-0.1, -0.05) is 24.3 Å². The van der Waals surface area contributed by atoms with Gasteiger partial charge in [-0.05, 0) is 45.4 Å². The molecule has 2 aliphatic heterocycles. The van der Waals surface area contributed by atoms with Crippen molar-refractivity contribution >= 4 is 11.7 Å². The molecular formula is C23H20F3N5O4. The summed E-state index contributed by atoms with van der Waals surface area (Å²) in [5.74, 6) is -0.509. The Morgan fingerprint density at radius 2 is 1.86 bits per heavy atom. The number of alkyl halides is 3. The average Bonchev–Trinajstić information content (AvgIpc) is 3.41. The van der Waals surface area contributed by atoms with Gasteiger partial charge in [0.15, 0.2) is 0 Å². The first kappa shape index (κ1) is 22.8. The Hall–Kier alpha value is -3.93. The summed E-state index contributed by atoms with van der Waals surface area (Å²) in [5, 5.41) is 13.8. The van der Waals surface area contributed by atoms with Crippen LogP contribution in [0.5, 0.6) is 6.01 Å². The predicted molar refractivity (Wildman–Crippen MR) is 117 cm³/mol. The fourth-order valence-corrected chi connectivity index (χ4v) is 4.36. The van der Waals surface area contributed by atoms with Gasteiger partial charge in [0.25, 0.3) is 0 Å². The molecule has 0 fully saturated rings. The van der Waals surface area contributed by atoms with Gasteiger partial charge < -0.3 is 20.2 Å². The Kier molecular flexibility index (Phi) is 5.67. The molecule has 12 heteroatoms. The zero-order valence-corrected chi connectivity index (χ0v) is 18.3. The highest BCUT2D eigenvalue weighted by atomic mass is 19.4. The third-order valence-electron chi connectivity index (χ3n) is 6.02. The standard InChI is InChI=1S/C23H20F3N5O4/c24-23(25,26)18-5-3-14(4-6-18)15-1-2-16-8-29(9-17(16)7-15)12-21(32)27-19-10-30-11-20(31(33)34)28-22(30)35-13-19/h1-7,11,19H,8-10,12-13H2,(H,27,32)/t19-/m0/s1. The molecule has 1 aromatic heterocycles. The topological polar surface area (TPSA) is 103 Å². The molecule has 0 unspecified atom stereocenters. The van der Waals surface area contributed by atoms with E-state index in [9.17, 15) is 28.1 Å². The summed E-state index contributed by atoms with van der Waals surface area (Å²) in [6.07, 6.45) is -3.10. The summed E-state index contributed by atoms with van der Waals surface area (Å²) >= 11 is 0. The molecule has 2 aromatic carbocycles. The highest BCUT2D eigenvalue weighted by molar-refractivity contribution is 5.78. The van der Waals surface area contributed by atoms with Crippen LogP contribution in [0.2, 0.25) is 0 Å². The number of ether oxygens (including phenoxy) is 1. The Morgan fingerprint density at radius 1 is 1.14 bits per heavy atom. The second-order valence-electron chi connectivity index (χ2n) is 8.57. The van der Waals surface area contributed by atoms with Crippen molar-refractivity contribution in [3.8, 4) is 17.1 Å². The Bertz CT molecular complexity index is 1290. The number of aromatic nitrogens is 2. The second kappa shape index (κ2) is 8.69. The molecule has 5 rings (SSSR count). The van der Waals surface area contributed by atoms with Gasteiger partial charge in [0.2, 0.25) is 5.91 Å². The summed E-state index contributed by atoms with van der Waals surface area (Å²) in [6, 6.07) is 10.6. The van der Waals surface area contributed by atoms with Gasteiger partial charge in [-0.15, -0.1) is 0 Å². The number of nitrogens with one attached hydrogen (secondary N) is 1. The van der Waals surface area contributed by atoms with E-state index in [1.807, 2.05) is 23.1 Å². The second-order valence-corrected chi connectivity index (χ2v) is 8.57. The molecule has 0 spiro atoms. The molecule has 1 atom stereocenters. The lowest BCUT2D eigenvalue weighted by molar-refractivity contribution is -0.389. The van der Waals surface area contributed by atoms with Crippen LogP contribution in [-0.4, -0.2) is 44.5 Å². The molecular weight excluding hydrogens is 467 g/mol. The van der Waals surface area contributed by atoms with Gasteiger partial charge >= 0.3 is 18.0 Å². The van der Waals surface area contributed by atoms with Crippen molar-refractivity contribution in [1.29, 1.82) is 0 Å². The molecule has 9 nitrogen and oxygen atoms in total. The van der Waals surface area contributed by atoms with Crippen LogP contribution in [-0.2, 0) is 30.6 Å². The van der Waals surface area contributed by atoms with Crippen LogP contribution >= 0.6 is 0 Å². The first-order valence-electron chi connectivity index (χ1n) is 10.8. The van der Waals surface area contributed by atoms with E-state index >= 15 is 0 Å². The van der Waals surface area contributed by atoms with Crippen LogP contribution in [0.4, 0.5) is 19.0 Å². The lowest BCUT2D eigenvalue weighted by atomic mass is 9.99. The van der Waals surface area contributed by atoms with Crippen molar-refractivity contribution in [3.63, 3.8) is 0 Å². The lowest BCUT2D eigenvalue weighted by Crippen LogP contribution is -2.47. The van der Waals surface area contributed by atoms with Crippen molar-refractivity contribution < 1.29 is 27.6 Å². The number of halogens is 3. The smallest absolute Gasteiger partial charge is 0.416 e. The Morgan fingerprint density at radius 3 is 2.57 bits per heavy atom. The van der Waals surface area contributed by atoms with Gasteiger partial charge in [-0.25, -0.2) is 0 Å². The highest BCUT2D eigenvalue weighted by Gasteiger charge is 2.31. The van der Waals surface area contributed by atoms with Crippen LogP contribution in [0.15, 0.2) is 48.7 Å². The average molecular weight is 487 g/mol. The maximum Gasteiger partial charge on any atom is 0.416 e. The number of rotatable bonds is 5. The number of imidazole rings is 1. The Labute approximate surface area is 197 Å². The summed E-state index contributed by atoms with van der Waals surface area (Å²) < 4.78 is 45.4. The SMILES string of the molecule is O=C(CN1Cc2ccc(-c3ccc(C(F)(F)F)cc3)cc2C1)N[C@@H]1COc2nc([N+](=O)[O-])cn2C1. The number of amides is 1. The van der Waals surface area contributed by atoms with Gasteiger partial charge in [-0.2, -0.15) is 13.2 Å². The number of hydrogen-bond acceptors (Lipinski definition) is 6. The normalized spacial score (nSPS) is 17.4. The van der Waals surface area contributed by atoms with Crippen molar-refractivity contribution in [2.75, 3.05) is 13.2 Å². The quantitative estimate of drug-likeness (QED) is 0.437. The van der Waals surface area contributed by atoms with Crippen LogP contribution in [0.3, 0.4) is 0 Å². The van der Waals surface area contributed by atoms with Crippen molar-refractivity contribution in [2.45, 2.75) is 31.9 Å². The van der Waals surface area contributed by atoms with E-state index in [1.165, 1.54) is 22.9 Å². The number of nitro groups is 1. The van der Waals surface area contributed by atoms with E-state index in [0.29, 0.717) is 25.2 Å². The summed E-state index contributed by atoms with van der Waals surface area (Å²) in [5.41, 5.74) is 2.89. The molecule has 0 radical (unpaired) electrons. The molecule has 2 aliphatic rings. The molecule has 35 heavy (non-hydrogen) atoms. The van der Waals surface area contributed by atoms with E-state index in [0.717, 1.165) is 28.8 Å². The monoisotopic (exact) mass is 487 g/mol. The predicted octanol–water partition coefficient (Wildman–Crippen LogP) is 3.37. The maximum atomic E-state index is 12.8. The zero-order valence-electron chi connectivity index (χ0n) is 18.3. The number of hydrogen-bond donors (Lipinski definition) is 1. The summed E-state index contributed by atoms with van der Waals surface area (Å²) in [6.45, 7) is 1.75. The van der Waals surface area contributed by atoms with Crippen molar-refractivity contribution in [3.05, 3.63) is 75.5 Å². The first-order chi connectivity index (χ1) is 16.7. The molecule has 3 heterocycles. The van der Waals surface area contributed by atoms with Crippen molar-refractivity contribution in [2.24, 2.45) is 0 Å². The Balaban J connectivity index is 1.18. The maximum absolute atomic E-state index is 12.8. The molecule has 0 saturated carbocycles. The van der Waals surface area contributed by atoms with Crippen LogP contribution < -0.4 is 10.1 Å². The van der Waals surface area contributed by atoms with E-state index in [4.69, 9.17) is 4.74 Å². The van der Waals surface area contributed by atoms with Gasteiger partial charge in [-0.3, -0.25) is 14.3 Å². The minimum absolute atomic E-state index is 0.151. The van der Waals surface area contributed by atoms with Crippen LogP contribution in [0.1, 0.15) is 16.7 Å². The van der Waals surface area contributed by atoms with Gasteiger partial charge in [0, 0.05) is 18.1 Å². The zero-order chi connectivity index (χ0) is 24.7. The minimum Gasteiger partial charge on any atom is -0.444 e. The molecule has 0 saturated heterocycles. The molecule has 0 bridgehead atoms. The van der Waals surface area contributed by atoms with E-state index in [-0.39, 0.29) is 36.9 Å². The fraction of sp³-hybridized carbons (Fsp3) is 0.304. The largest absolute Gasteiger partial charge is 0.444 e. The summed E-state index contributed by atoms with van der Waals surface area (Å²) in [7, 11) is 0. The van der Waals surface area contributed by atoms with Crippen molar-refractivity contribution in [1.82, 2.24) is 19.8 Å². The number of carbonyl (C=O) groups excluding carboxylic acids is 1. The molecule has 3 aromatic rings. The third-order valence-corrected chi connectivity index (χ3v) is 6.02. The lowest BCUT2D eigenvalue weighted by Gasteiger charge is -2.24.